The minimum absolute atomic E-state index is 0.206. The molecule has 3 aromatic rings. The topological polar surface area (TPSA) is 120 Å². The van der Waals surface area contributed by atoms with E-state index in [-0.39, 0.29) is 11.5 Å². The van der Waals surface area contributed by atoms with Crippen LogP contribution in [0, 0.1) is 0 Å². The Hall–Kier alpha value is -3.57. The summed E-state index contributed by atoms with van der Waals surface area (Å²) in [6.07, 6.45) is 7.23. The molecule has 2 N–H and O–H groups in total. The average molecular weight is 495 g/mol. The molecule has 1 aliphatic heterocycles. The number of aliphatic carboxylic acids is 1. The van der Waals surface area contributed by atoms with Crippen molar-refractivity contribution in [2.24, 2.45) is 0 Å². The van der Waals surface area contributed by atoms with E-state index in [0.717, 1.165) is 37.7 Å². The molecule has 35 heavy (non-hydrogen) atoms. The number of carbonyl (C=O) groups is 2. The molecule has 0 radical (unpaired) electrons. The second-order valence-electron chi connectivity index (χ2n) is 8.92. The molecule has 3 aromatic heterocycles. The third-order valence-electron chi connectivity index (χ3n) is 6.57. The monoisotopic (exact) mass is 494 g/mol. The number of nitrogens with one attached hydrogen (secondary N) is 1. The lowest BCUT2D eigenvalue weighted by Gasteiger charge is -2.33. The summed E-state index contributed by atoms with van der Waals surface area (Å²) >= 11 is 1.41. The number of likely N-dealkylation sites (N-methyl/N-ethyl adjacent to an activating group) is 1. The Kier molecular flexibility index (Phi) is 6.35. The summed E-state index contributed by atoms with van der Waals surface area (Å²) in [7, 11) is 2.02. The molecule has 1 saturated carbocycles. The molecule has 0 unspecified atom stereocenters. The van der Waals surface area contributed by atoms with E-state index in [1.54, 1.807) is 12.1 Å². The number of aromatic nitrogens is 3. The fourth-order valence-electron chi connectivity index (χ4n) is 4.25. The maximum atomic E-state index is 13.3. The molecule has 1 saturated heterocycles. The number of fused-ring (bicyclic) bond motifs is 1. The number of hydrogen-bond acceptors (Lipinski definition) is 8. The van der Waals surface area contributed by atoms with Gasteiger partial charge in [0.25, 0.3) is 11.5 Å². The molecule has 4 heterocycles. The lowest BCUT2D eigenvalue weighted by molar-refractivity contribution is -0.131. The van der Waals surface area contributed by atoms with Crippen LogP contribution in [0.1, 0.15) is 46.8 Å². The van der Waals surface area contributed by atoms with Gasteiger partial charge in [-0.2, -0.15) is 0 Å². The first-order valence-electron chi connectivity index (χ1n) is 11.6. The van der Waals surface area contributed by atoms with Crippen LogP contribution in [0.25, 0.3) is 11.7 Å². The second kappa shape index (κ2) is 9.59. The highest BCUT2D eigenvalue weighted by Crippen LogP contribution is 2.37. The zero-order chi connectivity index (χ0) is 24.5. The van der Waals surface area contributed by atoms with E-state index in [4.69, 9.17) is 10.1 Å². The fraction of sp³-hybridized carbons (Fsp3) is 0.375. The molecule has 1 aliphatic carbocycles. The number of hydrogen-bond donors (Lipinski definition) is 2. The van der Waals surface area contributed by atoms with Crippen LogP contribution in [0.5, 0.6) is 0 Å². The number of amides is 1. The van der Waals surface area contributed by atoms with Crippen LogP contribution >= 0.6 is 11.3 Å². The number of carboxylic acid groups (broad SMARTS) is 1. The summed E-state index contributed by atoms with van der Waals surface area (Å²) in [5.74, 6) is -0.560. The van der Waals surface area contributed by atoms with Crippen LogP contribution in [0.4, 0.5) is 10.9 Å². The summed E-state index contributed by atoms with van der Waals surface area (Å²) in [6, 6.07) is 3.12. The van der Waals surface area contributed by atoms with Gasteiger partial charge >= 0.3 is 5.97 Å². The first-order valence-corrected chi connectivity index (χ1v) is 12.4. The zero-order valence-electron chi connectivity index (χ0n) is 19.3. The number of piperazine rings is 1. The first-order chi connectivity index (χ1) is 16.9. The van der Waals surface area contributed by atoms with E-state index in [1.807, 2.05) is 17.3 Å². The molecule has 1 amide bonds. The fourth-order valence-corrected chi connectivity index (χ4v) is 5.03. The molecule has 2 fully saturated rings. The Morgan fingerprint density at radius 2 is 1.97 bits per heavy atom. The number of rotatable bonds is 6. The van der Waals surface area contributed by atoms with Crippen LogP contribution in [0.15, 0.2) is 34.6 Å². The molecule has 0 spiro atoms. The summed E-state index contributed by atoms with van der Waals surface area (Å²) in [6.45, 7) is 2.89. The minimum Gasteiger partial charge on any atom is -0.478 e. The third-order valence-corrected chi connectivity index (χ3v) is 7.34. The summed E-state index contributed by atoms with van der Waals surface area (Å²) < 4.78 is 1.33. The highest BCUT2D eigenvalue weighted by molar-refractivity contribution is 7.14. The van der Waals surface area contributed by atoms with Gasteiger partial charge in [-0.25, -0.2) is 14.8 Å². The molecule has 11 heteroatoms. The van der Waals surface area contributed by atoms with Gasteiger partial charge in [-0.3, -0.25) is 19.3 Å². The van der Waals surface area contributed by atoms with Crippen LogP contribution in [-0.2, 0) is 4.79 Å². The quantitative estimate of drug-likeness (QED) is 0.502. The normalized spacial score (nSPS) is 17.1. The molecule has 2 aliphatic rings. The standard InChI is InChI=1S/C24H26N6O4S/c1-28-9-11-29(12-10-28)21-17(5-6-20(31)32)23(34)30-8-7-16(13-19(30)26-21)22(33)27-24-25-18(14-35-24)15-3-2-4-15/h5-8,13-15H,2-4,9-12H2,1H3,(H,31,32)(H,25,27,33). The Bertz CT molecular complexity index is 1370. The van der Waals surface area contributed by atoms with Gasteiger partial charge in [0.15, 0.2) is 5.13 Å². The smallest absolute Gasteiger partial charge is 0.328 e. The lowest BCUT2D eigenvalue weighted by atomic mass is 9.83. The second-order valence-corrected chi connectivity index (χ2v) is 9.78. The van der Waals surface area contributed by atoms with Gasteiger partial charge in [-0.15, -0.1) is 11.3 Å². The van der Waals surface area contributed by atoms with Gasteiger partial charge in [-0.1, -0.05) is 6.42 Å². The van der Waals surface area contributed by atoms with Crippen LogP contribution in [-0.4, -0.2) is 69.5 Å². The molecule has 0 atom stereocenters. The predicted octanol–water partition coefficient (Wildman–Crippen LogP) is 2.52. The summed E-state index contributed by atoms with van der Waals surface area (Å²) in [4.78, 5) is 50.7. The number of pyridine rings is 1. The van der Waals surface area contributed by atoms with Crippen molar-refractivity contribution in [2.45, 2.75) is 25.2 Å². The molecule has 5 rings (SSSR count). The third kappa shape index (κ3) is 4.82. The molecular weight excluding hydrogens is 468 g/mol. The SMILES string of the molecule is CN1CCN(c2nc3cc(C(=O)Nc4nc(C5CCC5)cs4)ccn3c(=O)c2C=CC(=O)O)CC1. The van der Waals surface area contributed by atoms with Crippen molar-refractivity contribution in [3.8, 4) is 0 Å². The Morgan fingerprint density at radius 3 is 2.66 bits per heavy atom. The van der Waals surface area contributed by atoms with E-state index in [1.165, 1.54) is 34.4 Å². The maximum Gasteiger partial charge on any atom is 0.328 e. The highest BCUT2D eigenvalue weighted by Gasteiger charge is 2.23. The lowest BCUT2D eigenvalue weighted by Crippen LogP contribution is -2.45. The Balaban J connectivity index is 1.47. The van der Waals surface area contributed by atoms with Crippen molar-refractivity contribution in [1.29, 1.82) is 0 Å². The van der Waals surface area contributed by atoms with Gasteiger partial charge in [0.1, 0.15) is 11.5 Å². The molecule has 182 valence electrons. The first kappa shape index (κ1) is 23.2. The molecule has 0 bridgehead atoms. The predicted molar refractivity (Wildman–Crippen MR) is 135 cm³/mol. The molecule has 0 aromatic carbocycles. The summed E-state index contributed by atoms with van der Waals surface area (Å²) in [5, 5.41) is 14.5. The van der Waals surface area contributed by atoms with Crippen LogP contribution in [0.2, 0.25) is 0 Å². The Morgan fingerprint density at radius 1 is 1.20 bits per heavy atom. The van der Waals surface area contributed by atoms with Gasteiger partial charge in [-0.05, 0) is 38.1 Å². The van der Waals surface area contributed by atoms with Crippen molar-refractivity contribution in [2.75, 3.05) is 43.4 Å². The van der Waals surface area contributed by atoms with E-state index in [9.17, 15) is 14.4 Å². The zero-order valence-corrected chi connectivity index (χ0v) is 20.1. The largest absolute Gasteiger partial charge is 0.478 e. The highest BCUT2D eigenvalue weighted by atomic mass is 32.1. The minimum atomic E-state index is -1.14. The number of thiazole rings is 1. The van der Waals surface area contributed by atoms with E-state index >= 15 is 0 Å². The number of carboxylic acids is 1. The van der Waals surface area contributed by atoms with E-state index in [2.05, 4.69) is 15.2 Å². The van der Waals surface area contributed by atoms with Gasteiger partial charge in [0.05, 0.1) is 11.3 Å². The Labute approximate surface area is 205 Å². The van der Waals surface area contributed by atoms with Crippen molar-refractivity contribution in [3.63, 3.8) is 0 Å². The molecule has 10 nitrogen and oxygen atoms in total. The van der Waals surface area contributed by atoms with Crippen molar-refractivity contribution >= 4 is 45.9 Å². The van der Waals surface area contributed by atoms with E-state index in [0.29, 0.717) is 41.2 Å². The van der Waals surface area contributed by atoms with Crippen LogP contribution < -0.4 is 15.8 Å². The van der Waals surface area contributed by atoms with Crippen LogP contribution in [0.3, 0.4) is 0 Å². The van der Waals surface area contributed by atoms with E-state index < -0.39 is 11.5 Å². The van der Waals surface area contributed by atoms with Gasteiger partial charge < -0.3 is 14.9 Å². The number of carbonyl (C=O) groups excluding carboxylic acids is 1. The summed E-state index contributed by atoms with van der Waals surface area (Å²) in [5.41, 5.74) is 1.52. The number of nitrogens with zero attached hydrogens (tertiary/aromatic N) is 5. The van der Waals surface area contributed by atoms with Gasteiger partial charge in [0.2, 0.25) is 0 Å². The molecular formula is C24H26N6O4S. The van der Waals surface area contributed by atoms with Crippen molar-refractivity contribution < 1.29 is 14.7 Å². The maximum absolute atomic E-state index is 13.3. The average Bonchev–Trinajstić information content (AvgIpc) is 3.24. The van der Waals surface area contributed by atoms with Crippen molar-refractivity contribution in [1.82, 2.24) is 19.3 Å². The van der Waals surface area contributed by atoms with Gasteiger partial charge in [0, 0.05) is 55.3 Å². The van der Waals surface area contributed by atoms with Crippen molar-refractivity contribution in [3.05, 3.63) is 57.0 Å². The number of anilines is 2.